The van der Waals surface area contributed by atoms with Crippen molar-refractivity contribution in [3.8, 4) is 0 Å². The van der Waals surface area contributed by atoms with Crippen LogP contribution in [0.3, 0.4) is 0 Å². The number of nitrogens with two attached hydrogens (primary N) is 1. The largest absolute Gasteiger partial charge is 0.357 e. The lowest BCUT2D eigenvalue weighted by Crippen LogP contribution is -2.73. The molecule has 2 aromatic heterocycles. The van der Waals surface area contributed by atoms with Gasteiger partial charge in [-0.15, -0.1) is 0 Å². The van der Waals surface area contributed by atoms with Crippen molar-refractivity contribution in [3.05, 3.63) is 53.0 Å². The van der Waals surface area contributed by atoms with Crippen molar-refractivity contribution in [1.29, 1.82) is 0 Å². The number of hydrogen-bond acceptors (Lipinski definition) is 6. The Morgan fingerprint density at radius 2 is 1.96 bits per heavy atom. The molecular weight excluding hydrogens is 308 g/mol. The molecule has 3 rings (SSSR count). The van der Waals surface area contributed by atoms with Gasteiger partial charge < -0.3 is 5.32 Å². The zero-order valence-electron chi connectivity index (χ0n) is 13.7. The molecule has 0 saturated carbocycles. The molecule has 24 heavy (non-hydrogen) atoms. The van der Waals surface area contributed by atoms with Crippen molar-refractivity contribution in [1.82, 2.24) is 19.5 Å². The van der Waals surface area contributed by atoms with Gasteiger partial charge in [0.05, 0.1) is 11.1 Å². The van der Waals surface area contributed by atoms with Gasteiger partial charge in [0.1, 0.15) is 5.82 Å². The molecule has 0 amide bonds. The lowest BCUT2D eigenvalue weighted by molar-refractivity contribution is -0.825. The molecule has 4 N–H and O–H groups in total. The summed E-state index contributed by atoms with van der Waals surface area (Å²) in [6.07, 6.45) is 3.33. The summed E-state index contributed by atoms with van der Waals surface area (Å²) in [4.78, 5) is 24.8. The minimum atomic E-state index is -0.632. The van der Waals surface area contributed by atoms with E-state index in [1.54, 1.807) is 43.7 Å². The van der Waals surface area contributed by atoms with E-state index in [-0.39, 0.29) is 5.69 Å². The second-order valence-corrected chi connectivity index (χ2v) is 6.03. The highest BCUT2D eigenvalue weighted by molar-refractivity contribution is 5.91. The number of hydrogen-bond donors (Lipinski definition) is 3. The van der Waals surface area contributed by atoms with Crippen LogP contribution in [-0.4, -0.2) is 24.7 Å². The predicted molar refractivity (Wildman–Crippen MR) is 89.0 cm³/mol. The first kappa shape index (κ1) is 16.0. The Kier molecular flexibility index (Phi) is 4.00. The molecular formula is C16H19N6O2+. The summed E-state index contributed by atoms with van der Waals surface area (Å²) in [7, 11) is 1.66. The van der Waals surface area contributed by atoms with Crippen LogP contribution in [0.4, 0.5) is 11.5 Å². The number of aromatic nitrogens is 4. The molecule has 8 heteroatoms. The van der Waals surface area contributed by atoms with Gasteiger partial charge in [0.2, 0.25) is 0 Å². The summed E-state index contributed by atoms with van der Waals surface area (Å²) < 4.78 is 1.47. The lowest BCUT2D eigenvalue weighted by Gasteiger charge is -2.25. The van der Waals surface area contributed by atoms with E-state index in [0.29, 0.717) is 22.8 Å². The highest BCUT2D eigenvalue weighted by Gasteiger charge is 2.25. The number of nitrogens with one attached hydrogen (secondary N) is 1. The normalized spacial score (nSPS) is 11.7. The molecule has 0 atom stereocenters. The summed E-state index contributed by atoms with van der Waals surface area (Å²) in [6, 6.07) is 7.02. The third-order valence-electron chi connectivity index (χ3n) is 3.84. The first-order valence-electron chi connectivity index (χ1n) is 7.46. The van der Waals surface area contributed by atoms with E-state index in [1.165, 1.54) is 4.57 Å². The molecule has 2 heterocycles. The summed E-state index contributed by atoms with van der Waals surface area (Å²) in [6.45, 7) is 3.82. The second kappa shape index (κ2) is 5.99. The van der Waals surface area contributed by atoms with Crippen molar-refractivity contribution in [2.45, 2.75) is 19.4 Å². The van der Waals surface area contributed by atoms with Crippen molar-refractivity contribution in [2.24, 2.45) is 7.05 Å². The van der Waals surface area contributed by atoms with Gasteiger partial charge in [-0.3, -0.25) is 4.57 Å². The maximum atomic E-state index is 12.2. The van der Waals surface area contributed by atoms with E-state index in [1.807, 2.05) is 13.8 Å². The Bertz CT molecular complexity index is 936. The van der Waals surface area contributed by atoms with E-state index in [2.05, 4.69) is 20.3 Å². The Morgan fingerprint density at radius 1 is 1.25 bits per heavy atom. The van der Waals surface area contributed by atoms with Gasteiger partial charge in [0.15, 0.2) is 11.5 Å². The lowest BCUT2D eigenvalue weighted by atomic mass is 10.0. The van der Waals surface area contributed by atoms with Gasteiger partial charge in [0.25, 0.3) is 0 Å². The van der Waals surface area contributed by atoms with Gasteiger partial charge in [-0.2, -0.15) is 10.5 Å². The smallest absolute Gasteiger partial charge is 0.349 e. The molecule has 0 fully saturated rings. The zero-order chi connectivity index (χ0) is 17.3. The maximum absolute atomic E-state index is 12.2. The Morgan fingerprint density at radius 3 is 2.62 bits per heavy atom. The first-order chi connectivity index (χ1) is 11.4. The summed E-state index contributed by atoms with van der Waals surface area (Å²) >= 11 is 0. The van der Waals surface area contributed by atoms with Crippen molar-refractivity contribution in [3.63, 3.8) is 0 Å². The monoisotopic (exact) mass is 327 g/mol. The zero-order valence-corrected chi connectivity index (χ0v) is 13.7. The molecule has 0 unspecified atom stereocenters. The van der Waals surface area contributed by atoms with Gasteiger partial charge in [-0.25, -0.2) is 20.0 Å². The maximum Gasteiger partial charge on any atom is 0.349 e. The third kappa shape index (κ3) is 2.84. The van der Waals surface area contributed by atoms with Crippen LogP contribution in [0.2, 0.25) is 0 Å². The molecule has 0 bridgehead atoms. The molecule has 1 aromatic carbocycles. The Balaban J connectivity index is 2.15. The fourth-order valence-electron chi connectivity index (χ4n) is 2.52. The topological polar surface area (TPSA) is 110 Å². The van der Waals surface area contributed by atoms with Crippen LogP contribution in [-0.2, 0) is 12.6 Å². The average Bonchev–Trinajstić information content (AvgIpc) is 2.59. The third-order valence-corrected chi connectivity index (χ3v) is 3.84. The van der Waals surface area contributed by atoms with Crippen LogP contribution in [0.5, 0.6) is 0 Å². The highest BCUT2D eigenvalue weighted by atomic mass is 16.5. The molecule has 8 nitrogen and oxygen atoms in total. The molecule has 0 radical (unpaired) electrons. The van der Waals surface area contributed by atoms with Gasteiger partial charge in [-0.05, 0) is 26.0 Å². The number of nitrogens with zero attached hydrogens (tertiary/aromatic N) is 4. The fourth-order valence-corrected chi connectivity index (χ4v) is 2.52. The SMILES string of the molecule is Cn1c(=O)nc(NC(C)(C)c2ncccn2)c2cc([NH2+]O)ccc21. The van der Waals surface area contributed by atoms with Crippen molar-refractivity contribution < 1.29 is 10.7 Å². The number of benzene rings is 1. The number of fused-ring (bicyclic) bond motifs is 1. The van der Waals surface area contributed by atoms with E-state index in [9.17, 15) is 10.0 Å². The summed E-state index contributed by atoms with van der Waals surface area (Å²) in [5.41, 5.74) is 1.36. The molecule has 0 saturated heterocycles. The van der Waals surface area contributed by atoms with Crippen LogP contribution in [0.15, 0.2) is 41.5 Å². The van der Waals surface area contributed by atoms with Crippen molar-refractivity contribution in [2.75, 3.05) is 5.32 Å². The standard InChI is InChI=1S/C16H18N6O2/c1-16(2,14-17-7-4-8-18-14)20-13-11-9-10(21-24)5-6-12(11)22(3)15(23)19-13/h4-9,21,24H,1-3H3,(H,19,20,23)/p+1. The van der Waals surface area contributed by atoms with Crippen LogP contribution in [0, 0.1) is 0 Å². The second-order valence-electron chi connectivity index (χ2n) is 6.03. The van der Waals surface area contributed by atoms with E-state index < -0.39 is 5.54 Å². The average molecular weight is 327 g/mol. The fraction of sp³-hybridized carbons (Fsp3) is 0.250. The summed E-state index contributed by atoms with van der Waals surface area (Å²) in [5, 5.41) is 13.2. The van der Waals surface area contributed by atoms with E-state index in [0.717, 1.165) is 10.9 Å². The van der Waals surface area contributed by atoms with Crippen LogP contribution in [0.1, 0.15) is 19.7 Å². The first-order valence-corrected chi connectivity index (χ1v) is 7.46. The number of rotatable bonds is 4. The van der Waals surface area contributed by atoms with Gasteiger partial charge in [0, 0.05) is 37.0 Å². The minimum Gasteiger partial charge on any atom is -0.357 e. The highest BCUT2D eigenvalue weighted by Crippen LogP contribution is 2.27. The van der Waals surface area contributed by atoms with Gasteiger partial charge >= 0.3 is 5.69 Å². The quantitative estimate of drug-likeness (QED) is 0.479. The van der Waals surface area contributed by atoms with Crippen LogP contribution >= 0.6 is 0 Å². The molecule has 3 aromatic rings. The Labute approximate surface area is 138 Å². The number of anilines is 1. The predicted octanol–water partition coefficient (Wildman–Crippen LogP) is 0.655. The van der Waals surface area contributed by atoms with Gasteiger partial charge in [-0.1, -0.05) is 0 Å². The number of aryl methyl sites for hydroxylation is 1. The van der Waals surface area contributed by atoms with E-state index in [4.69, 9.17) is 0 Å². The van der Waals surface area contributed by atoms with Crippen LogP contribution < -0.4 is 16.5 Å². The Hall–Kier alpha value is -2.84. The molecule has 0 aliphatic heterocycles. The van der Waals surface area contributed by atoms with Crippen molar-refractivity contribution >= 4 is 22.4 Å². The van der Waals surface area contributed by atoms with E-state index >= 15 is 0 Å². The molecule has 0 spiro atoms. The molecule has 0 aliphatic rings. The molecule has 124 valence electrons. The number of quaternary nitrogens is 1. The minimum absolute atomic E-state index is 0.365. The summed E-state index contributed by atoms with van der Waals surface area (Å²) in [5.74, 6) is 1.01. The van der Waals surface area contributed by atoms with Crippen LogP contribution in [0.25, 0.3) is 10.9 Å². The molecule has 0 aliphatic carbocycles.